The van der Waals surface area contributed by atoms with E-state index in [0.717, 1.165) is 17.3 Å². The van der Waals surface area contributed by atoms with Gasteiger partial charge >= 0.3 is 0 Å². The highest BCUT2D eigenvalue weighted by Crippen LogP contribution is 2.42. The maximum Gasteiger partial charge on any atom is 0.124 e. The van der Waals surface area contributed by atoms with E-state index in [4.69, 9.17) is 16.3 Å². The first kappa shape index (κ1) is 22.0. The molecule has 0 aliphatic carbocycles. The molecule has 4 aromatic rings. The van der Waals surface area contributed by atoms with Crippen LogP contribution in [0.15, 0.2) is 91.0 Å². The van der Waals surface area contributed by atoms with Gasteiger partial charge in [0.05, 0.1) is 0 Å². The summed E-state index contributed by atoms with van der Waals surface area (Å²) in [5, 5.41) is 3.21. The summed E-state index contributed by atoms with van der Waals surface area (Å²) in [6.07, 6.45) is 3.95. The van der Waals surface area contributed by atoms with Crippen molar-refractivity contribution in [1.29, 1.82) is 0 Å². The molecule has 1 fully saturated rings. The van der Waals surface area contributed by atoms with E-state index in [1.807, 2.05) is 12.1 Å². The van der Waals surface area contributed by atoms with Gasteiger partial charge in [0, 0.05) is 23.0 Å². The third kappa shape index (κ3) is 5.08. The summed E-state index contributed by atoms with van der Waals surface area (Å²) >= 11 is 6.25. The van der Waals surface area contributed by atoms with E-state index in [2.05, 4.69) is 83.8 Å². The van der Waals surface area contributed by atoms with E-state index in [9.17, 15) is 0 Å². The van der Waals surface area contributed by atoms with Gasteiger partial charge in [0.2, 0.25) is 0 Å². The molecule has 1 atom stereocenters. The quantitative estimate of drug-likeness (QED) is 0.267. The molecule has 33 heavy (non-hydrogen) atoms. The Morgan fingerprint density at radius 2 is 1.42 bits per heavy atom. The van der Waals surface area contributed by atoms with Gasteiger partial charge in [-0.25, -0.2) is 0 Å². The van der Waals surface area contributed by atoms with Crippen LogP contribution in [0.5, 0.6) is 5.75 Å². The van der Waals surface area contributed by atoms with Gasteiger partial charge in [-0.15, -0.1) is 0 Å². The molecule has 0 aromatic heterocycles. The summed E-state index contributed by atoms with van der Waals surface area (Å²) in [5.41, 5.74) is 3.68. The molecule has 3 heteroatoms. The van der Waals surface area contributed by atoms with E-state index in [1.54, 1.807) is 0 Å². The Balaban J connectivity index is 1.58. The van der Waals surface area contributed by atoms with Gasteiger partial charge < -0.3 is 4.74 Å². The summed E-state index contributed by atoms with van der Waals surface area (Å²) in [4.78, 5) is 2.53. The predicted octanol–water partition coefficient (Wildman–Crippen LogP) is 7.54. The highest BCUT2D eigenvalue weighted by atomic mass is 35.5. The molecule has 2 nitrogen and oxygen atoms in total. The van der Waals surface area contributed by atoms with Gasteiger partial charge in [-0.2, -0.15) is 0 Å². The molecule has 0 amide bonds. The number of piperidine rings is 1. The highest BCUT2D eigenvalue weighted by molar-refractivity contribution is 6.30. The van der Waals surface area contributed by atoms with E-state index in [0.29, 0.717) is 6.61 Å². The van der Waals surface area contributed by atoms with Gasteiger partial charge in [0.1, 0.15) is 12.4 Å². The van der Waals surface area contributed by atoms with Crippen LogP contribution in [0.4, 0.5) is 0 Å². The monoisotopic (exact) mass is 455 g/mol. The van der Waals surface area contributed by atoms with Crippen molar-refractivity contribution >= 4 is 22.4 Å². The molecular weight excluding hydrogens is 426 g/mol. The minimum absolute atomic E-state index is 0.0551. The first-order valence-corrected chi connectivity index (χ1v) is 12.3. The molecule has 0 spiro atoms. The number of benzene rings is 4. The lowest BCUT2D eigenvalue weighted by atomic mass is 9.82. The zero-order chi connectivity index (χ0) is 22.5. The van der Waals surface area contributed by atoms with E-state index in [-0.39, 0.29) is 5.92 Å². The van der Waals surface area contributed by atoms with Crippen LogP contribution in [-0.4, -0.2) is 31.1 Å². The summed E-state index contributed by atoms with van der Waals surface area (Å²) in [6.45, 7) is 4.05. The van der Waals surface area contributed by atoms with E-state index in [1.165, 1.54) is 59.8 Å². The van der Waals surface area contributed by atoms with Crippen molar-refractivity contribution in [3.8, 4) is 5.75 Å². The Morgan fingerprint density at radius 1 is 0.727 bits per heavy atom. The van der Waals surface area contributed by atoms with Crippen molar-refractivity contribution < 1.29 is 4.74 Å². The minimum atomic E-state index is 0.0551. The normalized spacial score (nSPS) is 15.4. The lowest BCUT2D eigenvalue weighted by Gasteiger charge is -2.27. The molecular formula is C30H30ClNO. The second-order valence-electron chi connectivity index (χ2n) is 8.84. The fourth-order valence-corrected chi connectivity index (χ4v) is 5.12. The predicted molar refractivity (Wildman–Crippen MR) is 139 cm³/mol. The van der Waals surface area contributed by atoms with Crippen LogP contribution < -0.4 is 4.74 Å². The van der Waals surface area contributed by atoms with Crippen molar-refractivity contribution in [2.75, 3.05) is 26.2 Å². The van der Waals surface area contributed by atoms with Gasteiger partial charge in [-0.05, 0) is 66.0 Å². The number of ether oxygens (including phenoxy) is 1. The Bertz CT molecular complexity index is 1180. The standard InChI is InChI=1S/C30H30ClNO/c31-26-16-13-25(14-17-26)29(24-10-3-1-4-11-24)30-27-12-6-5-9-23(27)15-18-28(30)33-22-21-32-19-7-2-8-20-32/h1,3-6,9-18,29H,2,7-8,19-22H2. The fourth-order valence-electron chi connectivity index (χ4n) is 4.99. The Hall–Kier alpha value is -2.81. The number of hydrogen-bond acceptors (Lipinski definition) is 2. The molecule has 1 heterocycles. The third-order valence-corrected chi connectivity index (χ3v) is 6.92. The zero-order valence-electron chi connectivity index (χ0n) is 18.9. The number of nitrogens with zero attached hydrogens (tertiary/aromatic N) is 1. The lowest BCUT2D eigenvalue weighted by molar-refractivity contribution is 0.183. The summed E-state index contributed by atoms with van der Waals surface area (Å²) in [7, 11) is 0. The number of rotatable bonds is 7. The zero-order valence-corrected chi connectivity index (χ0v) is 19.7. The van der Waals surface area contributed by atoms with Crippen molar-refractivity contribution in [1.82, 2.24) is 4.90 Å². The first-order chi connectivity index (χ1) is 16.3. The molecule has 5 rings (SSSR count). The Kier molecular flexibility index (Phi) is 6.95. The number of hydrogen-bond donors (Lipinski definition) is 0. The summed E-state index contributed by atoms with van der Waals surface area (Å²) in [6, 6.07) is 31.9. The van der Waals surface area contributed by atoms with Crippen molar-refractivity contribution in [3.63, 3.8) is 0 Å². The second kappa shape index (κ2) is 10.4. The average Bonchev–Trinajstić information content (AvgIpc) is 2.87. The summed E-state index contributed by atoms with van der Waals surface area (Å²) in [5.74, 6) is 1.02. The summed E-state index contributed by atoms with van der Waals surface area (Å²) < 4.78 is 6.53. The van der Waals surface area contributed by atoms with Crippen molar-refractivity contribution in [3.05, 3.63) is 113 Å². The van der Waals surface area contributed by atoms with Crippen LogP contribution in [0, 0.1) is 0 Å². The minimum Gasteiger partial charge on any atom is -0.492 e. The van der Waals surface area contributed by atoms with Gasteiger partial charge in [0.15, 0.2) is 0 Å². The van der Waals surface area contributed by atoms with E-state index >= 15 is 0 Å². The van der Waals surface area contributed by atoms with Gasteiger partial charge in [0.25, 0.3) is 0 Å². The topological polar surface area (TPSA) is 12.5 Å². The molecule has 1 unspecified atom stereocenters. The molecule has 0 bridgehead atoms. The molecule has 168 valence electrons. The lowest BCUT2D eigenvalue weighted by Crippen LogP contribution is -2.33. The largest absolute Gasteiger partial charge is 0.492 e. The number of likely N-dealkylation sites (tertiary alicyclic amines) is 1. The highest BCUT2D eigenvalue weighted by Gasteiger charge is 2.23. The van der Waals surface area contributed by atoms with Gasteiger partial charge in [-0.1, -0.05) is 90.8 Å². The van der Waals surface area contributed by atoms with Crippen LogP contribution in [-0.2, 0) is 0 Å². The molecule has 4 aromatic carbocycles. The average molecular weight is 456 g/mol. The van der Waals surface area contributed by atoms with Crippen LogP contribution in [0.1, 0.15) is 41.9 Å². The third-order valence-electron chi connectivity index (χ3n) is 6.67. The second-order valence-corrected chi connectivity index (χ2v) is 9.28. The smallest absolute Gasteiger partial charge is 0.124 e. The Morgan fingerprint density at radius 3 is 2.21 bits per heavy atom. The van der Waals surface area contributed by atoms with E-state index < -0.39 is 0 Å². The van der Waals surface area contributed by atoms with Crippen LogP contribution in [0.25, 0.3) is 10.8 Å². The van der Waals surface area contributed by atoms with Crippen molar-refractivity contribution in [2.45, 2.75) is 25.2 Å². The first-order valence-electron chi connectivity index (χ1n) is 12.0. The molecule has 1 aliphatic rings. The maximum atomic E-state index is 6.53. The molecule has 0 N–H and O–H groups in total. The Labute approximate surface area is 201 Å². The molecule has 0 radical (unpaired) electrons. The van der Waals surface area contributed by atoms with Crippen molar-refractivity contribution in [2.24, 2.45) is 0 Å². The molecule has 1 aliphatic heterocycles. The number of halogens is 1. The maximum absolute atomic E-state index is 6.53. The SMILES string of the molecule is Clc1ccc(C(c2ccccc2)c2c(OCCN3CCCCC3)ccc3ccccc23)cc1. The fraction of sp³-hybridized carbons (Fsp3) is 0.267. The van der Waals surface area contributed by atoms with Crippen LogP contribution in [0.2, 0.25) is 5.02 Å². The number of fused-ring (bicyclic) bond motifs is 1. The molecule has 0 saturated carbocycles. The van der Waals surface area contributed by atoms with Gasteiger partial charge in [-0.3, -0.25) is 4.90 Å². The van der Waals surface area contributed by atoms with Crippen LogP contribution >= 0.6 is 11.6 Å². The molecule has 1 saturated heterocycles. The van der Waals surface area contributed by atoms with Crippen LogP contribution in [0.3, 0.4) is 0 Å².